The lowest BCUT2D eigenvalue weighted by Gasteiger charge is -2.24. The predicted molar refractivity (Wildman–Crippen MR) is 62.9 cm³/mol. The molecule has 0 saturated carbocycles. The Morgan fingerprint density at radius 1 is 1.73 bits per heavy atom. The van der Waals surface area contributed by atoms with Gasteiger partial charge in [0.25, 0.3) is 0 Å². The van der Waals surface area contributed by atoms with Gasteiger partial charge in [-0.05, 0) is 29.3 Å². The molecule has 0 radical (unpaired) electrons. The molecular formula is C10H13NO2S2. The van der Waals surface area contributed by atoms with Crippen LogP contribution in [0.1, 0.15) is 17.9 Å². The maximum atomic E-state index is 11.6. The van der Waals surface area contributed by atoms with Crippen molar-refractivity contribution in [2.45, 2.75) is 18.4 Å². The fourth-order valence-electron chi connectivity index (χ4n) is 1.63. The van der Waals surface area contributed by atoms with Crippen molar-refractivity contribution in [1.82, 2.24) is 4.90 Å². The van der Waals surface area contributed by atoms with Crippen LogP contribution in [0.2, 0.25) is 0 Å². The van der Waals surface area contributed by atoms with E-state index in [9.17, 15) is 9.90 Å². The molecule has 2 atom stereocenters. The zero-order valence-corrected chi connectivity index (χ0v) is 10.1. The van der Waals surface area contributed by atoms with Crippen LogP contribution in [-0.2, 0) is 4.79 Å². The Morgan fingerprint density at radius 2 is 2.53 bits per heavy atom. The van der Waals surface area contributed by atoms with E-state index in [1.165, 1.54) is 0 Å². The van der Waals surface area contributed by atoms with Crippen molar-refractivity contribution in [3.8, 4) is 0 Å². The molecule has 0 aliphatic carbocycles. The van der Waals surface area contributed by atoms with Gasteiger partial charge in [0.1, 0.15) is 5.37 Å². The second kappa shape index (κ2) is 4.55. The van der Waals surface area contributed by atoms with E-state index in [1.54, 1.807) is 34.9 Å². The van der Waals surface area contributed by atoms with Crippen LogP contribution in [0.15, 0.2) is 16.8 Å². The van der Waals surface area contributed by atoms with Crippen molar-refractivity contribution in [3.05, 3.63) is 22.4 Å². The fourth-order valence-corrected chi connectivity index (χ4v) is 3.58. The van der Waals surface area contributed by atoms with Crippen LogP contribution in [-0.4, -0.2) is 34.3 Å². The van der Waals surface area contributed by atoms with Crippen LogP contribution >= 0.6 is 23.1 Å². The van der Waals surface area contributed by atoms with Crippen LogP contribution in [0, 0.1) is 0 Å². The molecule has 0 unspecified atom stereocenters. The highest BCUT2D eigenvalue weighted by Crippen LogP contribution is 2.39. The summed E-state index contributed by atoms with van der Waals surface area (Å²) in [6, 6.07) is 2.04. The second-order valence-corrected chi connectivity index (χ2v) is 5.46. The molecule has 0 aromatic carbocycles. The van der Waals surface area contributed by atoms with Gasteiger partial charge >= 0.3 is 0 Å². The third kappa shape index (κ3) is 2.35. The maximum Gasteiger partial charge on any atom is 0.233 e. The Kier molecular flexibility index (Phi) is 3.33. The minimum Gasteiger partial charge on any atom is -0.392 e. The van der Waals surface area contributed by atoms with Crippen LogP contribution in [0.25, 0.3) is 0 Å². The number of hydrogen-bond acceptors (Lipinski definition) is 4. The Labute approximate surface area is 97.1 Å². The molecule has 2 rings (SSSR count). The van der Waals surface area contributed by atoms with Gasteiger partial charge in [0, 0.05) is 6.54 Å². The Bertz CT molecular complexity index is 337. The maximum absolute atomic E-state index is 11.6. The van der Waals surface area contributed by atoms with Crippen molar-refractivity contribution in [1.29, 1.82) is 0 Å². The van der Waals surface area contributed by atoms with Gasteiger partial charge in [-0.3, -0.25) is 4.79 Å². The summed E-state index contributed by atoms with van der Waals surface area (Å²) >= 11 is 3.27. The van der Waals surface area contributed by atoms with Crippen molar-refractivity contribution < 1.29 is 9.90 Å². The van der Waals surface area contributed by atoms with Gasteiger partial charge in [-0.15, -0.1) is 11.8 Å². The van der Waals surface area contributed by atoms with E-state index in [4.69, 9.17) is 0 Å². The Hall–Kier alpha value is -0.520. The van der Waals surface area contributed by atoms with Crippen molar-refractivity contribution in [2.75, 3.05) is 12.3 Å². The van der Waals surface area contributed by atoms with Gasteiger partial charge in [0.15, 0.2) is 0 Å². The number of aliphatic hydroxyl groups excluding tert-OH is 1. The molecule has 1 saturated heterocycles. The monoisotopic (exact) mass is 243 g/mol. The molecule has 1 fully saturated rings. The molecule has 1 aromatic rings. The van der Waals surface area contributed by atoms with Crippen molar-refractivity contribution in [2.24, 2.45) is 0 Å². The molecule has 5 heteroatoms. The predicted octanol–water partition coefficient (Wildman–Crippen LogP) is 1.70. The van der Waals surface area contributed by atoms with Gasteiger partial charge in [0.2, 0.25) is 5.91 Å². The molecule has 1 aliphatic heterocycles. The minimum atomic E-state index is -0.464. The van der Waals surface area contributed by atoms with E-state index in [1.807, 2.05) is 11.4 Å². The Balaban J connectivity index is 2.14. The number of thiophene rings is 1. The highest BCUT2D eigenvalue weighted by Gasteiger charge is 2.33. The van der Waals surface area contributed by atoms with E-state index in [2.05, 4.69) is 5.38 Å². The largest absolute Gasteiger partial charge is 0.392 e. The highest BCUT2D eigenvalue weighted by atomic mass is 32.2. The summed E-state index contributed by atoms with van der Waals surface area (Å²) in [6.45, 7) is 2.13. The van der Waals surface area contributed by atoms with E-state index >= 15 is 0 Å². The van der Waals surface area contributed by atoms with Crippen molar-refractivity contribution >= 4 is 29.0 Å². The molecule has 0 spiro atoms. The number of carbonyl (C=O) groups excluding carboxylic acids is 1. The first-order valence-electron chi connectivity index (χ1n) is 4.79. The fraction of sp³-hybridized carbons (Fsp3) is 0.500. The highest BCUT2D eigenvalue weighted by molar-refractivity contribution is 8.00. The van der Waals surface area contributed by atoms with Crippen LogP contribution < -0.4 is 0 Å². The molecule has 1 N–H and O–H groups in total. The number of thioether (sulfide) groups is 1. The first-order chi connectivity index (χ1) is 7.18. The lowest BCUT2D eigenvalue weighted by molar-refractivity contribution is -0.129. The smallest absolute Gasteiger partial charge is 0.233 e. The molecule has 2 heterocycles. The normalized spacial score (nSPS) is 23.5. The second-order valence-electron chi connectivity index (χ2n) is 3.62. The zero-order valence-electron chi connectivity index (χ0n) is 8.42. The van der Waals surface area contributed by atoms with Gasteiger partial charge < -0.3 is 10.0 Å². The zero-order chi connectivity index (χ0) is 10.8. The van der Waals surface area contributed by atoms with Crippen molar-refractivity contribution in [3.63, 3.8) is 0 Å². The number of β-amino-alcohol motifs (C(OH)–C–C–N with tert-alkyl or cyclic N) is 1. The van der Waals surface area contributed by atoms with Crippen LogP contribution in [0.4, 0.5) is 0 Å². The third-order valence-electron chi connectivity index (χ3n) is 2.26. The number of carbonyl (C=O) groups is 1. The summed E-state index contributed by atoms with van der Waals surface area (Å²) in [7, 11) is 0. The van der Waals surface area contributed by atoms with E-state index in [0.717, 1.165) is 5.56 Å². The molecule has 3 nitrogen and oxygen atoms in total. The van der Waals surface area contributed by atoms with E-state index in [-0.39, 0.29) is 11.3 Å². The van der Waals surface area contributed by atoms with Gasteiger partial charge in [-0.25, -0.2) is 0 Å². The van der Waals surface area contributed by atoms with E-state index in [0.29, 0.717) is 12.3 Å². The average molecular weight is 243 g/mol. The van der Waals surface area contributed by atoms with E-state index < -0.39 is 6.10 Å². The minimum absolute atomic E-state index is 0.0957. The Morgan fingerprint density at radius 3 is 3.13 bits per heavy atom. The third-order valence-corrected chi connectivity index (χ3v) is 4.21. The summed E-state index contributed by atoms with van der Waals surface area (Å²) in [5.74, 6) is 0.643. The number of nitrogens with zero attached hydrogens (tertiary/aromatic N) is 1. The average Bonchev–Trinajstić information content (AvgIpc) is 2.76. The molecule has 1 amide bonds. The first kappa shape index (κ1) is 11.0. The first-order valence-corrected chi connectivity index (χ1v) is 6.79. The molecule has 15 heavy (non-hydrogen) atoms. The number of hydrogen-bond donors (Lipinski definition) is 1. The lowest BCUT2D eigenvalue weighted by atomic mass is 10.2. The topological polar surface area (TPSA) is 40.5 Å². The molecule has 0 bridgehead atoms. The summed E-state index contributed by atoms with van der Waals surface area (Å²) in [4.78, 5) is 13.4. The van der Waals surface area contributed by atoms with Crippen LogP contribution in [0.5, 0.6) is 0 Å². The molecule has 1 aromatic heterocycles. The summed E-state index contributed by atoms with van der Waals surface area (Å²) in [5, 5.41) is 13.5. The van der Waals surface area contributed by atoms with Gasteiger partial charge in [-0.1, -0.05) is 0 Å². The summed E-state index contributed by atoms with van der Waals surface area (Å²) in [6.07, 6.45) is -0.464. The number of amides is 1. The quantitative estimate of drug-likeness (QED) is 0.878. The van der Waals surface area contributed by atoms with Crippen LogP contribution in [0.3, 0.4) is 0 Å². The number of rotatable bonds is 3. The molecule has 1 aliphatic rings. The van der Waals surface area contributed by atoms with Gasteiger partial charge in [0.05, 0.1) is 11.9 Å². The standard InChI is InChI=1S/C10H13NO2S2/c1-7(12)4-11-9(13)6-15-10(11)8-2-3-14-5-8/h2-3,5,7,10,12H,4,6H2,1H3/t7-,10-/m0/s1. The summed E-state index contributed by atoms with van der Waals surface area (Å²) < 4.78 is 0. The summed E-state index contributed by atoms with van der Waals surface area (Å²) in [5.41, 5.74) is 1.16. The SMILES string of the molecule is C[C@H](O)CN1C(=O)CS[C@H]1c1ccsc1. The van der Waals surface area contributed by atoms with Gasteiger partial charge in [-0.2, -0.15) is 11.3 Å². The molecular weight excluding hydrogens is 230 g/mol. The number of aliphatic hydroxyl groups is 1. The lowest BCUT2D eigenvalue weighted by Crippen LogP contribution is -2.34. The molecule has 82 valence electrons.